The summed E-state index contributed by atoms with van der Waals surface area (Å²) < 4.78 is 7.83. The molecular weight excluding hydrogens is 366 g/mol. The van der Waals surface area contributed by atoms with Crippen molar-refractivity contribution in [3.63, 3.8) is 0 Å². The topological polar surface area (TPSA) is 79.6 Å². The molecule has 0 amide bonds. The lowest BCUT2D eigenvalue weighted by atomic mass is 10.2. The molecule has 0 saturated carbocycles. The monoisotopic (exact) mass is 405 g/mol. The van der Waals surface area contributed by atoms with Crippen LogP contribution in [0.3, 0.4) is 0 Å². The fourth-order valence-corrected chi connectivity index (χ4v) is 4.06. The van der Waals surface area contributed by atoms with E-state index in [0.29, 0.717) is 0 Å². The molecule has 0 aromatic carbocycles. The van der Waals surface area contributed by atoms with E-state index in [4.69, 9.17) is 9.73 Å². The average Bonchev–Trinajstić information content (AvgIpc) is 3.35. The Balaban J connectivity index is 1.41. The molecule has 2 aliphatic heterocycles. The highest BCUT2D eigenvalue weighted by Crippen LogP contribution is 2.12. The first-order valence-corrected chi connectivity index (χ1v) is 11.6. The third-order valence-electron chi connectivity index (χ3n) is 5.78. The minimum atomic E-state index is 0.273. The van der Waals surface area contributed by atoms with Gasteiger partial charge in [0.1, 0.15) is 12.2 Å². The Morgan fingerprint density at radius 3 is 2.72 bits per heavy atom. The van der Waals surface area contributed by atoms with Crippen molar-refractivity contribution in [3.05, 3.63) is 12.2 Å². The second-order valence-corrected chi connectivity index (χ2v) is 8.08. The molecule has 1 unspecified atom stereocenters. The summed E-state index contributed by atoms with van der Waals surface area (Å²) in [6.07, 6.45) is 11.9. The second kappa shape index (κ2) is 12.8. The predicted octanol–water partition coefficient (Wildman–Crippen LogP) is 1.82. The first-order chi connectivity index (χ1) is 14.3. The first kappa shape index (κ1) is 22.0. The van der Waals surface area contributed by atoms with E-state index in [9.17, 15) is 0 Å². The van der Waals surface area contributed by atoms with Crippen LogP contribution in [0.2, 0.25) is 0 Å². The molecule has 0 spiro atoms. The Hall–Kier alpha value is -1.67. The number of aromatic nitrogens is 3. The molecule has 1 aromatic heterocycles. The first-order valence-electron chi connectivity index (χ1n) is 11.6. The van der Waals surface area contributed by atoms with Gasteiger partial charge >= 0.3 is 0 Å². The van der Waals surface area contributed by atoms with Gasteiger partial charge in [0.25, 0.3) is 0 Å². The number of nitrogens with one attached hydrogen (secondary N) is 2. The van der Waals surface area contributed by atoms with E-state index < -0.39 is 0 Å². The Morgan fingerprint density at radius 1 is 1.14 bits per heavy atom. The van der Waals surface area contributed by atoms with Crippen LogP contribution in [0.15, 0.2) is 11.3 Å². The van der Waals surface area contributed by atoms with Crippen LogP contribution in [0.5, 0.6) is 0 Å². The summed E-state index contributed by atoms with van der Waals surface area (Å²) >= 11 is 0. The van der Waals surface area contributed by atoms with Gasteiger partial charge in [-0.25, -0.2) is 0 Å². The molecular formula is C21H39N7O. The normalized spacial score (nSPS) is 21.3. The molecule has 2 N–H and O–H groups in total. The molecule has 2 fully saturated rings. The molecule has 29 heavy (non-hydrogen) atoms. The Morgan fingerprint density at radius 2 is 1.97 bits per heavy atom. The minimum absolute atomic E-state index is 0.273. The molecule has 1 aromatic rings. The number of aliphatic imine (C=N–C) groups is 1. The Kier molecular flexibility index (Phi) is 9.72. The third-order valence-corrected chi connectivity index (χ3v) is 5.78. The van der Waals surface area contributed by atoms with Crippen LogP contribution < -0.4 is 10.6 Å². The van der Waals surface area contributed by atoms with Gasteiger partial charge in [-0.2, -0.15) is 0 Å². The van der Waals surface area contributed by atoms with E-state index in [0.717, 1.165) is 70.3 Å². The lowest BCUT2D eigenvalue weighted by Crippen LogP contribution is -2.41. The van der Waals surface area contributed by atoms with Crippen molar-refractivity contribution >= 4 is 5.96 Å². The van der Waals surface area contributed by atoms with Gasteiger partial charge in [-0.15, -0.1) is 10.2 Å². The van der Waals surface area contributed by atoms with Crippen molar-refractivity contribution in [1.82, 2.24) is 30.3 Å². The van der Waals surface area contributed by atoms with Gasteiger partial charge in [0.05, 0.1) is 12.6 Å². The van der Waals surface area contributed by atoms with Gasteiger partial charge in [-0.1, -0.05) is 19.8 Å². The average molecular weight is 406 g/mol. The molecule has 8 heteroatoms. The number of rotatable bonds is 10. The zero-order chi connectivity index (χ0) is 20.2. The Labute approximate surface area is 175 Å². The van der Waals surface area contributed by atoms with Crippen LogP contribution in [0, 0.1) is 0 Å². The van der Waals surface area contributed by atoms with Crippen LogP contribution in [-0.4, -0.2) is 77.6 Å². The maximum Gasteiger partial charge on any atom is 0.191 e. The van der Waals surface area contributed by atoms with Gasteiger partial charge in [-0.3, -0.25) is 4.99 Å². The summed E-state index contributed by atoms with van der Waals surface area (Å²) in [4.78, 5) is 7.40. The summed E-state index contributed by atoms with van der Waals surface area (Å²) in [5, 5.41) is 15.2. The number of guanidine groups is 1. The van der Waals surface area contributed by atoms with Crippen LogP contribution >= 0.6 is 0 Å². The maximum absolute atomic E-state index is 5.72. The van der Waals surface area contributed by atoms with Crippen LogP contribution in [0.1, 0.15) is 57.7 Å². The number of aryl methyl sites for hydroxylation is 1. The fourth-order valence-electron chi connectivity index (χ4n) is 4.06. The molecule has 3 rings (SSSR count). The van der Waals surface area contributed by atoms with Crippen molar-refractivity contribution in [3.8, 4) is 0 Å². The summed E-state index contributed by atoms with van der Waals surface area (Å²) in [5.74, 6) is 1.91. The molecule has 0 radical (unpaired) electrons. The predicted molar refractivity (Wildman–Crippen MR) is 116 cm³/mol. The van der Waals surface area contributed by atoms with Gasteiger partial charge < -0.3 is 24.8 Å². The SMILES string of the molecule is CCc1nncn1CCNC(=NCC1CCCO1)NCCCN1CCCCCC1. The molecule has 8 nitrogen and oxygen atoms in total. The molecule has 2 aliphatic rings. The van der Waals surface area contributed by atoms with Gasteiger partial charge in [-0.05, 0) is 51.7 Å². The number of ether oxygens (including phenoxy) is 1. The quantitative estimate of drug-likeness (QED) is 0.351. The molecule has 1 atom stereocenters. The van der Waals surface area contributed by atoms with Crippen LogP contribution in [0.25, 0.3) is 0 Å². The molecule has 0 aliphatic carbocycles. The van der Waals surface area contributed by atoms with Crippen molar-refractivity contribution in [2.24, 2.45) is 4.99 Å². The minimum Gasteiger partial charge on any atom is -0.376 e. The summed E-state index contributed by atoms with van der Waals surface area (Å²) in [6, 6.07) is 0. The highest BCUT2D eigenvalue weighted by atomic mass is 16.5. The Bertz CT molecular complexity index is 590. The zero-order valence-corrected chi connectivity index (χ0v) is 18.1. The van der Waals surface area contributed by atoms with E-state index in [1.807, 2.05) is 0 Å². The number of hydrogen-bond donors (Lipinski definition) is 2. The van der Waals surface area contributed by atoms with Gasteiger partial charge in [0.2, 0.25) is 0 Å². The van der Waals surface area contributed by atoms with E-state index in [1.54, 1.807) is 6.33 Å². The lowest BCUT2D eigenvalue weighted by molar-refractivity contribution is 0.117. The van der Waals surface area contributed by atoms with Crippen LogP contribution in [-0.2, 0) is 17.7 Å². The van der Waals surface area contributed by atoms with E-state index in [-0.39, 0.29) is 6.10 Å². The summed E-state index contributed by atoms with van der Waals surface area (Å²) in [5.41, 5.74) is 0. The second-order valence-electron chi connectivity index (χ2n) is 8.08. The van der Waals surface area contributed by atoms with Crippen molar-refractivity contribution < 1.29 is 4.74 Å². The zero-order valence-electron chi connectivity index (χ0n) is 18.1. The number of nitrogens with zero attached hydrogens (tertiary/aromatic N) is 5. The largest absolute Gasteiger partial charge is 0.376 e. The highest BCUT2D eigenvalue weighted by Gasteiger charge is 2.15. The van der Waals surface area contributed by atoms with Gasteiger partial charge in [0.15, 0.2) is 5.96 Å². The van der Waals surface area contributed by atoms with Crippen molar-refractivity contribution in [1.29, 1.82) is 0 Å². The summed E-state index contributed by atoms with van der Waals surface area (Å²) in [7, 11) is 0. The van der Waals surface area contributed by atoms with E-state index >= 15 is 0 Å². The standard InChI is InChI=1S/C21H39N7O/c1-2-20-26-25-18-28(20)15-11-23-21(24-17-19-9-7-16-29-19)22-10-8-14-27-12-5-3-4-6-13-27/h18-19H,2-17H2,1H3,(H2,22,23,24). The molecule has 2 saturated heterocycles. The lowest BCUT2D eigenvalue weighted by Gasteiger charge is -2.20. The smallest absolute Gasteiger partial charge is 0.191 e. The van der Waals surface area contributed by atoms with Gasteiger partial charge in [0, 0.05) is 32.7 Å². The van der Waals surface area contributed by atoms with Crippen molar-refractivity contribution in [2.75, 3.05) is 45.9 Å². The van der Waals surface area contributed by atoms with Crippen LogP contribution in [0.4, 0.5) is 0 Å². The highest BCUT2D eigenvalue weighted by molar-refractivity contribution is 5.79. The van der Waals surface area contributed by atoms with E-state index in [1.165, 1.54) is 45.3 Å². The number of likely N-dealkylation sites (tertiary alicyclic amines) is 1. The molecule has 164 valence electrons. The fraction of sp³-hybridized carbons (Fsp3) is 0.857. The van der Waals surface area contributed by atoms with Crippen molar-refractivity contribution in [2.45, 2.75) is 70.9 Å². The third kappa shape index (κ3) is 7.93. The van der Waals surface area contributed by atoms with E-state index in [2.05, 4.69) is 37.2 Å². The molecule has 3 heterocycles. The summed E-state index contributed by atoms with van der Waals surface area (Å²) in [6.45, 7) is 9.99. The maximum atomic E-state index is 5.72. The number of hydrogen-bond acceptors (Lipinski definition) is 5. The molecule has 0 bridgehead atoms.